The fourth-order valence-electron chi connectivity index (χ4n) is 3.22. The molecule has 5 heteroatoms. The lowest BCUT2D eigenvalue weighted by molar-refractivity contribution is -0.137. The number of allylic oxidation sites excluding steroid dienone is 3. The highest BCUT2D eigenvalue weighted by Crippen LogP contribution is 2.33. The van der Waals surface area contributed by atoms with Gasteiger partial charge in [-0.1, -0.05) is 44.1 Å². The summed E-state index contributed by atoms with van der Waals surface area (Å²) in [5, 5.41) is 28.6. The molecule has 0 aromatic heterocycles. The quantitative estimate of drug-likeness (QED) is 0.370. The number of unbranched alkanes of at least 4 members (excludes halogenated alkanes) is 3. The molecule has 5 nitrogen and oxygen atoms in total. The minimum absolute atomic E-state index is 0.00543. The molecule has 0 heterocycles. The van der Waals surface area contributed by atoms with Crippen LogP contribution < -0.4 is 0 Å². The van der Waals surface area contributed by atoms with E-state index in [2.05, 4.69) is 13.0 Å². The van der Waals surface area contributed by atoms with Crippen molar-refractivity contribution in [3.05, 3.63) is 24.3 Å². The molecule has 0 spiro atoms. The third kappa shape index (κ3) is 8.45. The van der Waals surface area contributed by atoms with E-state index in [-0.39, 0.29) is 30.5 Å². The molecule has 3 N–H and O–H groups in total. The molecule has 25 heavy (non-hydrogen) atoms. The van der Waals surface area contributed by atoms with Crippen LogP contribution in [0.5, 0.6) is 0 Å². The molecule has 142 valence electrons. The molecule has 0 aliphatic heterocycles. The number of carboxylic acid groups (broad SMARTS) is 1. The predicted octanol–water partition coefficient (Wildman–Crippen LogP) is 3.25. The third-order valence-corrected chi connectivity index (χ3v) is 4.72. The average molecular weight is 352 g/mol. The highest BCUT2D eigenvalue weighted by atomic mass is 16.4. The fraction of sp³-hybridized carbons (Fsp3) is 0.700. The lowest BCUT2D eigenvalue weighted by Crippen LogP contribution is -2.19. The fourth-order valence-corrected chi connectivity index (χ4v) is 3.22. The van der Waals surface area contributed by atoms with Crippen LogP contribution in [0.1, 0.15) is 64.7 Å². The number of hydrogen-bond acceptors (Lipinski definition) is 4. The van der Waals surface area contributed by atoms with E-state index in [4.69, 9.17) is 5.11 Å². The Labute approximate surface area is 150 Å². The molecular formula is C20H32O5. The van der Waals surface area contributed by atoms with E-state index in [1.807, 2.05) is 6.08 Å². The lowest BCUT2D eigenvalue weighted by atomic mass is 9.90. The Kier molecular flexibility index (Phi) is 10.3. The summed E-state index contributed by atoms with van der Waals surface area (Å²) in [7, 11) is 0. The summed E-state index contributed by atoms with van der Waals surface area (Å²) in [6.45, 7) is 2.16. The van der Waals surface area contributed by atoms with Crippen LogP contribution in [-0.2, 0) is 9.59 Å². The summed E-state index contributed by atoms with van der Waals surface area (Å²) in [5.74, 6) is -1.39. The molecule has 0 aromatic carbocycles. The molecule has 1 aliphatic carbocycles. The first-order chi connectivity index (χ1) is 12.0. The van der Waals surface area contributed by atoms with Crippen molar-refractivity contribution in [1.29, 1.82) is 0 Å². The number of carbonyl (C=O) groups excluding carboxylic acids is 1. The van der Waals surface area contributed by atoms with Crippen LogP contribution in [0.2, 0.25) is 0 Å². The second-order valence-corrected chi connectivity index (χ2v) is 6.87. The molecule has 0 amide bonds. The number of aliphatic carboxylic acids is 1. The molecule has 0 radical (unpaired) electrons. The number of aliphatic hydroxyl groups excluding tert-OH is 2. The second-order valence-electron chi connectivity index (χ2n) is 6.87. The van der Waals surface area contributed by atoms with Crippen molar-refractivity contribution in [3.8, 4) is 0 Å². The maximum absolute atomic E-state index is 12.1. The highest BCUT2D eigenvalue weighted by Gasteiger charge is 2.39. The van der Waals surface area contributed by atoms with Crippen molar-refractivity contribution in [2.45, 2.75) is 76.9 Å². The normalized spacial score (nSPS) is 25.2. The van der Waals surface area contributed by atoms with Gasteiger partial charge in [-0.2, -0.15) is 0 Å². The number of carboxylic acids is 1. The van der Waals surface area contributed by atoms with Gasteiger partial charge in [0, 0.05) is 24.7 Å². The van der Waals surface area contributed by atoms with Gasteiger partial charge in [-0.25, -0.2) is 0 Å². The summed E-state index contributed by atoms with van der Waals surface area (Å²) >= 11 is 0. The van der Waals surface area contributed by atoms with Crippen molar-refractivity contribution >= 4 is 11.8 Å². The van der Waals surface area contributed by atoms with Crippen molar-refractivity contribution in [2.75, 3.05) is 0 Å². The zero-order valence-electron chi connectivity index (χ0n) is 15.1. The largest absolute Gasteiger partial charge is 0.481 e. The van der Waals surface area contributed by atoms with Gasteiger partial charge in [0.1, 0.15) is 5.78 Å². The van der Waals surface area contributed by atoms with Gasteiger partial charge in [-0.05, 0) is 32.1 Å². The third-order valence-electron chi connectivity index (χ3n) is 4.72. The molecule has 1 saturated carbocycles. The molecule has 0 saturated heterocycles. The Balaban J connectivity index is 2.49. The van der Waals surface area contributed by atoms with Gasteiger partial charge in [0.2, 0.25) is 0 Å². The SMILES string of the molecule is CCCCC/C=C\C[C@@H]1[C@@H](O)CC(=O)[C@@H]1/C=C/[C@@H](O)CCCC(=O)O. The van der Waals surface area contributed by atoms with Crippen molar-refractivity contribution in [3.63, 3.8) is 0 Å². The smallest absolute Gasteiger partial charge is 0.303 e. The predicted molar refractivity (Wildman–Crippen MR) is 97.1 cm³/mol. The molecule has 0 bridgehead atoms. The topological polar surface area (TPSA) is 94.8 Å². The van der Waals surface area contributed by atoms with Crippen LogP contribution in [0.4, 0.5) is 0 Å². The van der Waals surface area contributed by atoms with E-state index in [0.717, 1.165) is 12.8 Å². The molecule has 0 unspecified atom stereocenters. The highest BCUT2D eigenvalue weighted by molar-refractivity contribution is 5.86. The van der Waals surface area contributed by atoms with Gasteiger partial charge in [-0.3, -0.25) is 9.59 Å². The summed E-state index contributed by atoms with van der Waals surface area (Å²) in [4.78, 5) is 22.6. The lowest BCUT2D eigenvalue weighted by Gasteiger charge is -2.17. The van der Waals surface area contributed by atoms with E-state index in [9.17, 15) is 19.8 Å². The van der Waals surface area contributed by atoms with Gasteiger partial charge in [0.05, 0.1) is 12.2 Å². The van der Waals surface area contributed by atoms with Crippen LogP contribution in [0.3, 0.4) is 0 Å². The Morgan fingerprint density at radius 3 is 2.72 bits per heavy atom. The molecular weight excluding hydrogens is 320 g/mol. The molecule has 1 rings (SSSR count). The van der Waals surface area contributed by atoms with Crippen molar-refractivity contribution in [1.82, 2.24) is 0 Å². The summed E-state index contributed by atoms with van der Waals surface area (Å²) in [6.07, 6.45) is 12.2. The Hall–Kier alpha value is -1.46. The first-order valence-corrected chi connectivity index (χ1v) is 9.39. The second kappa shape index (κ2) is 12.0. The van der Waals surface area contributed by atoms with E-state index in [1.54, 1.807) is 12.2 Å². The monoisotopic (exact) mass is 352 g/mol. The van der Waals surface area contributed by atoms with E-state index >= 15 is 0 Å². The van der Waals surface area contributed by atoms with Crippen molar-refractivity contribution in [2.24, 2.45) is 11.8 Å². The van der Waals surface area contributed by atoms with Gasteiger partial charge in [0.25, 0.3) is 0 Å². The maximum atomic E-state index is 12.1. The Bertz CT molecular complexity index is 469. The molecule has 1 aliphatic rings. The molecule has 4 atom stereocenters. The number of ketones is 1. The number of Topliss-reactive ketones (excluding diaryl/α,β-unsaturated/α-hetero) is 1. The number of aliphatic hydroxyl groups is 2. The number of carbonyl (C=O) groups is 2. The molecule has 0 aromatic rings. The van der Waals surface area contributed by atoms with Gasteiger partial charge in [0.15, 0.2) is 0 Å². The van der Waals surface area contributed by atoms with Crippen LogP contribution in [-0.4, -0.2) is 39.3 Å². The Morgan fingerprint density at radius 2 is 2.04 bits per heavy atom. The minimum atomic E-state index is -0.879. The first-order valence-electron chi connectivity index (χ1n) is 9.39. The van der Waals surface area contributed by atoms with E-state index in [1.165, 1.54) is 12.8 Å². The van der Waals surface area contributed by atoms with E-state index in [0.29, 0.717) is 19.3 Å². The minimum Gasteiger partial charge on any atom is -0.481 e. The average Bonchev–Trinajstić information content (AvgIpc) is 2.81. The zero-order chi connectivity index (χ0) is 18.7. The first kappa shape index (κ1) is 21.6. The maximum Gasteiger partial charge on any atom is 0.303 e. The van der Waals surface area contributed by atoms with Crippen LogP contribution in [0.15, 0.2) is 24.3 Å². The summed E-state index contributed by atoms with van der Waals surface area (Å²) < 4.78 is 0. The standard InChI is InChI=1S/C20H32O5/c1-2-3-4-5-6-7-10-16-17(19(23)14-18(16)22)13-12-15(21)9-8-11-20(24)25/h6-7,12-13,15-18,21-22H,2-5,8-11,14H2,1H3,(H,24,25)/b7-6-,13-12+/t15-,16-,17+,18-/m0/s1. The summed E-state index contributed by atoms with van der Waals surface area (Å²) in [5.41, 5.74) is 0. The van der Waals surface area contributed by atoms with Crippen LogP contribution in [0.25, 0.3) is 0 Å². The van der Waals surface area contributed by atoms with Crippen molar-refractivity contribution < 1.29 is 24.9 Å². The van der Waals surface area contributed by atoms with Gasteiger partial charge in [-0.15, -0.1) is 0 Å². The summed E-state index contributed by atoms with van der Waals surface area (Å²) in [6, 6.07) is 0. The van der Waals surface area contributed by atoms with E-state index < -0.39 is 18.2 Å². The van der Waals surface area contributed by atoms with Gasteiger partial charge >= 0.3 is 5.97 Å². The van der Waals surface area contributed by atoms with Crippen LogP contribution >= 0.6 is 0 Å². The van der Waals surface area contributed by atoms with Gasteiger partial charge < -0.3 is 15.3 Å². The number of rotatable bonds is 12. The number of hydrogen-bond donors (Lipinski definition) is 3. The zero-order valence-corrected chi connectivity index (χ0v) is 15.1. The Morgan fingerprint density at radius 1 is 1.28 bits per heavy atom. The van der Waals surface area contributed by atoms with Crippen LogP contribution in [0, 0.1) is 11.8 Å². The molecule has 1 fully saturated rings.